The number of aliphatic hydroxyl groups is 1. The van der Waals surface area contributed by atoms with Crippen molar-refractivity contribution in [2.75, 3.05) is 7.11 Å². The molecule has 0 bridgehead atoms. The summed E-state index contributed by atoms with van der Waals surface area (Å²) in [4.78, 5) is 0. The van der Waals surface area contributed by atoms with E-state index in [0.717, 1.165) is 37.2 Å². The standard InChI is InChI=1S/C26H39NO2/c1-6-19(14-15-27)10-11-20-8-7-9-23-22(20)13-12-21-16-26(28,18(2)3)24(29-5)17-25(21,23)4/h12,14,20,22-24,28H,2,6-11,13,16-17H2,1,3-5H3. The van der Waals surface area contributed by atoms with Crippen LogP contribution < -0.4 is 0 Å². The summed E-state index contributed by atoms with van der Waals surface area (Å²) >= 11 is 0. The summed E-state index contributed by atoms with van der Waals surface area (Å²) in [5, 5.41) is 20.3. The van der Waals surface area contributed by atoms with Gasteiger partial charge >= 0.3 is 0 Å². The van der Waals surface area contributed by atoms with Crippen LogP contribution in [0.1, 0.15) is 78.6 Å². The van der Waals surface area contributed by atoms with Crippen molar-refractivity contribution >= 4 is 0 Å². The molecule has 3 heteroatoms. The fourth-order valence-corrected chi connectivity index (χ4v) is 6.64. The molecule has 0 aromatic carbocycles. The molecule has 3 aliphatic rings. The van der Waals surface area contributed by atoms with Crippen LogP contribution in [0.15, 0.2) is 35.5 Å². The molecule has 0 amide bonds. The summed E-state index contributed by atoms with van der Waals surface area (Å²) in [6.07, 6.45) is 13.8. The lowest BCUT2D eigenvalue weighted by Crippen LogP contribution is -2.56. The van der Waals surface area contributed by atoms with Gasteiger partial charge in [0.15, 0.2) is 0 Å². The van der Waals surface area contributed by atoms with Crippen molar-refractivity contribution in [1.29, 1.82) is 5.26 Å². The Balaban J connectivity index is 1.83. The summed E-state index contributed by atoms with van der Waals surface area (Å²) < 4.78 is 5.83. The average molecular weight is 398 g/mol. The van der Waals surface area contributed by atoms with Crippen LogP contribution in [0.4, 0.5) is 0 Å². The quantitative estimate of drug-likeness (QED) is 0.434. The molecule has 2 saturated carbocycles. The van der Waals surface area contributed by atoms with Gasteiger partial charge in [0.2, 0.25) is 0 Å². The van der Waals surface area contributed by atoms with E-state index in [1.54, 1.807) is 13.2 Å². The van der Waals surface area contributed by atoms with Crippen LogP contribution in [-0.2, 0) is 4.74 Å². The highest BCUT2D eigenvalue weighted by atomic mass is 16.5. The zero-order chi connectivity index (χ0) is 21.2. The van der Waals surface area contributed by atoms with Crippen LogP contribution in [0.25, 0.3) is 0 Å². The van der Waals surface area contributed by atoms with Crippen molar-refractivity contribution in [3.05, 3.63) is 35.5 Å². The van der Waals surface area contributed by atoms with Gasteiger partial charge in [-0.2, -0.15) is 5.26 Å². The van der Waals surface area contributed by atoms with E-state index in [0.29, 0.717) is 18.3 Å². The van der Waals surface area contributed by atoms with Gasteiger partial charge in [0.25, 0.3) is 0 Å². The van der Waals surface area contributed by atoms with E-state index in [2.05, 4.69) is 32.6 Å². The Hall–Kier alpha value is -1.37. The minimum Gasteiger partial charge on any atom is -0.382 e. The van der Waals surface area contributed by atoms with E-state index >= 15 is 0 Å². The highest BCUT2D eigenvalue weighted by Gasteiger charge is 2.56. The van der Waals surface area contributed by atoms with E-state index < -0.39 is 5.60 Å². The zero-order valence-corrected chi connectivity index (χ0v) is 18.8. The number of allylic oxidation sites excluding steroid dienone is 3. The predicted octanol–water partition coefficient (Wildman–Crippen LogP) is 6.11. The molecular weight excluding hydrogens is 358 g/mol. The highest BCUT2D eigenvalue weighted by molar-refractivity contribution is 5.32. The number of fused-ring (bicyclic) bond motifs is 3. The van der Waals surface area contributed by atoms with Gasteiger partial charge in [-0.1, -0.05) is 50.5 Å². The van der Waals surface area contributed by atoms with Gasteiger partial charge in [-0.05, 0) is 74.2 Å². The van der Waals surface area contributed by atoms with Crippen LogP contribution in [0.3, 0.4) is 0 Å². The largest absolute Gasteiger partial charge is 0.382 e. The molecule has 29 heavy (non-hydrogen) atoms. The molecule has 0 aromatic rings. The van der Waals surface area contributed by atoms with Crippen LogP contribution >= 0.6 is 0 Å². The van der Waals surface area contributed by atoms with Gasteiger partial charge in [-0.3, -0.25) is 0 Å². The maximum absolute atomic E-state index is 11.3. The second kappa shape index (κ2) is 8.78. The van der Waals surface area contributed by atoms with Gasteiger partial charge in [-0.25, -0.2) is 0 Å². The monoisotopic (exact) mass is 397 g/mol. The molecular formula is C26H39NO2. The van der Waals surface area contributed by atoms with Crippen molar-refractivity contribution in [1.82, 2.24) is 0 Å². The van der Waals surface area contributed by atoms with E-state index in [4.69, 9.17) is 10.00 Å². The lowest BCUT2D eigenvalue weighted by atomic mass is 9.49. The Bertz CT molecular complexity index is 729. The number of methoxy groups -OCH3 is 1. The minimum absolute atomic E-state index is 0.111. The number of nitrogens with zero attached hydrogens (tertiary/aromatic N) is 1. The minimum atomic E-state index is -0.945. The summed E-state index contributed by atoms with van der Waals surface area (Å²) in [5.74, 6) is 2.12. The van der Waals surface area contributed by atoms with Gasteiger partial charge in [0.1, 0.15) is 5.60 Å². The third-order valence-electron chi connectivity index (χ3n) is 8.59. The number of nitriles is 1. The van der Waals surface area contributed by atoms with Crippen LogP contribution in [0.5, 0.6) is 0 Å². The number of hydrogen-bond acceptors (Lipinski definition) is 3. The molecule has 0 aromatic heterocycles. The molecule has 6 unspecified atom stereocenters. The van der Waals surface area contributed by atoms with E-state index in [1.807, 2.05) is 6.92 Å². The molecule has 3 aliphatic carbocycles. The Kier molecular flexibility index (Phi) is 6.76. The Labute approximate surface area is 177 Å². The SMILES string of the molecule is C=C(C)C1(O)CC2=CCC3C(CCC(=CC#N)CC)CCCC3C2(C)CC1OC. The van der Waals surface area contributed by atoms with Gasteiger partial charge in [0.05, 0.1) is 12.2 Å². The maximum Gasteiger partial charge on any atom is 0.115 e. The lowest BCUT2D eigenvalue weighted by molar-refractivity contribution is -0.122. The Morgan fingerprint density at radius 1 is 1.45 bits per heavy atom. The molecule has 0 spiro atoms. The normalized spacial score (nSPS) is 39.7. The second-order valence-electron chi connectivity index (χ2n) is 9.98. The number of hydrogen-bond donors (Lipinski definition) is 1. The molecule has 2 fully saturated rings. The first-order chi connectivity index (χ1) is 13.8. The van der Waals surface area contributed by atoms with Gasteiger partial charge < -0.3 is 9.84 Å². The van der Waals surface area contributed by atoms with Crippen molar-refractivity contribution in [3.8, 4) is 6.07 Å². The number of rotatable bonds is 6. The Morgan fingerprint density at radius 2 is 2.21 bits per heavy atom. The van der Waals surface area contributed by atoms with E-state index in [-0.39, 0.29) is 11.5 Å². The molecule has 0 aliphatic heterocycles. The number of ether oxygens (including phenoxy) is 1. The topological polar surface area (TPSA) is 53.2 Å². The fraction of sp³-hybridized carbons (Fsp3) is 0.731. The molecule has 0 saturated heterocycles. The zero-order valence-electron chi connectivity index (χ0n) is 18.8. The molecule has 6 atom stereocenters. The first-order valence-electron chi connectivity index (χ1n) is 11.5. The molecule has 3 rings (SSSR count). The van der Waals surface area contributed by atoms with Crippen molar-refractivity contribution in [3.63, 3.8) is 0 Å². The van der Waals surface area contributed by atoms with Crippen LogP contribution in [-0.4, -0.2) is 23.9 Å². The first kappa shape index (κ1) is 22.3. The summed E-state index contributed by atoms with van der Waals surface area (Å²) in [5.41, 5.74) is 2.69. The summed E-state index contributed by atoms with van der Waals surface area (Å²) in [6.45, 7) is 10.6. The molecule has 0 radical (unpaired) electrons. The lowest BCUT2D eigenvalue weighted by Gasteiger charge is -2.58. The molecule has 1 N–H and O–H groups in total. The average Bonchev–Trinajstić information content (AvgIpc) is 2.71. The van der Waals surface area contributed by atoms with Crippen molar-refractivity contribution in [2.45, 2.75) is 90.3 Å². The van der Waals surface area contributed by atoms with Crippen molar-refractivity contribution < 1.29 is 9.84 Å². The maximum atomic E-state index is 11.3. The predicted molar refractivity (Wildman–Crippen MR) is 118 cm³/mol. The first-order valence-corrected chi connectivity index (χ1v) is 11.5. The highest BCUT2D eigenvalue weighted by Crippen LogP contribution is 2.60. The third-order valence-corrected chi connectivity index (χ3v) is 8.59. The summed E-state index contributed by atoms with van der Waals surface area (Å²) in [7, 11) is 1.73. The van der Waals surface area contributed by atoms with Gasteiger partial charge in [-0.15, -0.1) is 0 Å². The van der Waals surface area contributed by atoms with Crippen LogP contribution in [0.2, 0.25) is 0 Å². The summed E-state index contributed by atoms with van der Waals surface area (Å²) in [6, 6.07) is 2.22. The molecule has 160 valence electrons. The van der Waals surface area contributed by atoms with E-state index in [1.165, 1.54) is 36.8 Å². The Morgan fingerprint density at radius 3 is 2.83 bits per heavy atom. The van der Waals surface area contributed by atoms with Crippen LogP contribution in [0, 0.1) is 34.5 Å². The molecule has 0 heterocycles. The molecule has 3 nitrogen and oxygen atoms in total. The smallest absolute Gasteiger partial charge is 0.115 e. The van der Waals surface area contributed by atoms with Gasteiger partial charge in [0, 0.05) is 19.6 Å². The fourth-order valence-electron chi connectivity index (χ4n) is 6.64. The van der Waals surface area contributed by atoms with Crippen molar-refractivity contribution in [2.24, 2.45) is 23.2 Å². The third kappa shape index (κ3) is 3.99. The van der Waals surface area contributed by atoms with E-state index in [9.17, 15) is 5.11 Å². The second-order valence-corrected chi connectivity index (χ2v) is 9.98.